The number of ether oxygens (including phenoxy) is 1. The zero-order chi connectivity index (χ0) is 90.3. The number of allylic oxidation sites excluding steroid dienone is 2. The summed E-state index contributed by atoms with van der Waals surface area (Å²) in [7, 11) is 0. The number of imidazole rings is 2. The van der Waals surface area contributed by atoms with E-state index in [9.17, 15) is 0 Å². The van der Waals surface area contributed by atoms with Crippen LogP contribution >= 0.6 is 0 Å². The summed E-state index contributed by atoms with van der Waals surface area (Å²) in [5.41, 5.74) is 20.3. The van der Waals surface area contributed by atoms with Gasteiger partial charge in [-0.2, -0.15) is 0 Å². The Bertz CT molecular complexity index is 4080. The molecule has 0 saturated heterocycles. The second-order valence-electron chi connectivity index (χ2n) is 39.1. The van der Waals surface area contributed by atoms with Gasteiger partial charge in [-0.1, -0.05) is 332 Å². The maximum absolute atomic E-state index is 8.99. The molecule has 7 aromatic carbocycles. The molecule has 1 aliphatic rings. The molecule has 7 N–H and O–H groups in total. The number of H-pyrrole nitrogens is 2. The number of nitrogens with zero attached hydrogens (tertiary/aromatic N) is 3. The highest BCUT2D eigenvalue weighted by Crippen LogP contribution is 2.32. The van der Waals surface area contributed by atoms with Crippen LogP contribution in [0.15, 0.2) is 220 Å². The second kappa shape index (κ2) is 62.5. The maximum atomic E-state index is 8.99. The van der Waals surface area contributed by atoms with Crippen LogP contribution in [0, 0.1) is 76.9 Å². The van der Waals surface area contributed by atoms with Crippen molar-refractivity contribution in [3.63, 3.8) is 0 Å². The van der Waals surface area contributed by atoms with E-state index in [4.69, 9.17) is 20.7 Å². The van der Waals surface area contributed by atoms with E-state index in [0.717, 1.165) is 106 Å². The number of hydrogen-bond donors (Lipinski definition) is 6. The zero-order valence-electron chi connectivity index (χ0n) is 81.2. The third-order valence-electron chi connectivity index (χ3n) is 18.2. The van der Waals surface area contributed by atoms with Gasteiger partial charge in [0.2, 0.25) is 0 Å². The molecule has 10 heteroatoms. The van der Waals surface area contributed by atoms with Gasteiger partial charge in [-0.25, -0.2) is 9.97 Å². The van der Waals surface area contributed by atoms with Crippen LogP contribution in [0.5, 0.6) is 11.5 Å². The van der Waals surface area contributed by atoms with Crippen molar-refractivity contribution in [1.29, 1.82) is 0 Å². The number of phenolic OH excluding ortho intramolecular Hbond substituents is 2. The van der Waals surface area contributed by atoms with E-state index in [-0.39, 0.29) is 5.60 Å². The molecule has 0 atom stereocenters. The highest BCUT2D eigenvalue weighted by atomic mass is 16.5. The lowest BCUT2D eigenvalue weighted by Crippen LogP contribution is -2.21. The summed E-state index contributed by atoms with van der Waals surface area (Å²) < 4.78 is 7.64. The van der Waals surface area contributed by atoms with E-state index in [0.29, 0.717) is 46.9 Å². The molecule has 120 heavy (non-hydrogen) atoms. The fourth-order valence-corrected chi connectivity index (χ4v) is 13.5. The molecular formula is C110H173N7O3. The highest BCUT2D eigenvalue weighted by Gasteiger charge is 2.15. The van der Waals surface area contributed by atoms with Crippen LogP contribution in [0.25, 0.3) is 27.2 Å². The molecule has 666 valence electrons. The van der Waals surface area contributed by atoms with Gasteiger partial charge in [0.05, 0.1) is 29.8 Å². The summed E-state index contributed by atoms with van der Waals surface area (Å²) in [5, 5.41) is 25.0. The Morgan fingerprint density at radius 2 is 0.958 bits per heavy atom. The molecule has 0 amide bonds. The minimum Gasteiger partial charge on any atom is -0.508 e. The number of aromatic amines is 2. The average Bonchev–Trinajstić information content (AvgIpc) is 1.40. The number of nitrogens with one attached hydrogen (secondary N) is 3. The zero-order valence-corrected chi connectivity index (χ0v) is 81.2. The van der Waals surface area contributed by atoms with E-state index < -0.39 is 0 Å². The van der Waals surface area contributed by atoms with Crippen molar-refractivity contribution < 1.29 is 14.9 Å². The molecule has 1 aliphatic carbocycles. The van der Waals surface area contributed by atoms with Gasteiger partial charge in [0.25, 0.3) is 0 Å². The Morgan fingerprint density at radius 1 is 0.483 bits per heavy atom. The van der Waals surface area contributed by atoms with Gasteiger partial charge in [0.1, 0.15) is 11.5 Å². The fourth-order valence-electron chi connectivity index (χ4n) is 13.5. The number of benzene rings is 7. The standard InChI is InChI=1S/C14H18N2.C14H16.C13H16.C12H15N.2C10H14O.C8H18N2.C8H18O.C7H12N2.2C7H16/c1-12(2)8-14-10-16(11-15-14)9-13-6-4-3-5-7-13;1-11(2)9-12-7-8-13-5-3-4-6-14(13)10-12;1-10(2)9-12-8-7-11-5-3-4-6-13(11)12;1-9(2)7-10-8-13-12-6-4-3-5-11(10)12;2*1-8(2)7-9-3-5-10(11)6-4-9;1-7(2)5-4-6-10-8(3)9;1-7(2)6-9-8(3,4)5;1-6(2)3-7-4-8-5-9-7;2*1-6(2)5-7(3)4/h3-7,10-12H,8-9H2,1-2H3;3-8,10-11H,9H2,1-2H3;3-6,8,10H,7,9H2,1-2H3;3-6,8-9,13H,7H2,1-2H3;2*3-6,8,11H,7H2,1-2H3;7,10H,3-6,9H2,1-2H3;7H,6H2,1-5H3;4-6H,3H2,1-2H3,(H,8,9);2*6-7H,5H2,1-4H3. The predicted octanol–water partition coefficient (Wildman–Crippen LogP) is 30.3. The first kappa shape index (κ1) is 109. The number of phenols is 2. The molecular weight excluding hydrogens is 1470 g/mol. The van der Waals surface area contributed by atoms with Gasteiger partial charge in [0, 0.05) is 54.9 Å². The van der Waals surface area contributed by atoms with Gasteiger partial charge in [-0.05, 0) is 260 Å². The summed E-state index contributed by atoms with van der Waals surface area (Å²) in [6.45, 7) is 70.5. The van der Waals surface area contributed by atoms with Crippen LogP contribution < -0.4 is 11.1 Å². The van der Waals surface area contributed by atoms with Gasteiger partial charge in [0.15, 0.2) is 0 Å². The van der Waals surface area contributed by atoms with Crippen LogP contribution in [0.3, 0.4) is 0 Å². The van der Waals surface area contributed by atoms with Gasteiger partial charge >= 0.3 is 0 Å². The third kappa shape index (κ3) is 58.4. The number of fused-ring (bicyclic) bond motifs is 3. The molecule has 0 unspecified atom stereocenters. The van der Waals surface area contributed by atoms with Gasteiger partial charge in [-0.3, -0.25) is 0 Å². The Labute approximate surface area is 734 Å². The molecule has 0 radical (unpaired) electrons. The van der Waals surface area contributed by atoms with Crippen LogP contribution in [0.1, 0.15) is 283 Å². The Balaban J connectivity index is 0.000000666. The lowest BCUT2D eigenvalue weighted by Gasteiger charge is -2.20. The van der Waals surface area contributed by atoms with Gasteiger partial charge in [-0.15, -0.1) is 0 Å². The van der Waals surface area contributed by atoms with Crippen LogP contribution in [0.4, 0.5) is 0 Å². The minimum atomic E-state index is 0.0320. The van der Waals surface area contributed by atoms with Gasteiger partial charge < -0.3 is 40.5 Å². The van der Waals surface area contributed by atoms with Crippen molar-refractivity contribution >= 4 is 27.2 Å². The first-order chi connectivity index (χ1) is 56.5. The molecule has 0 bridgehead atoms. The van der Waals surface area contributed by atoms with E-state index in [2.05, 4.69) is 371 Å². The summed E-state index contributed by atoms with van der Waals surface area (Å²) in [6, 6.07) is 57.8. The number of rotatable bonds is 27. The van der Waals surface area contributed by atoms with E-state index >= 15 is 0 Å². The molecule has 11 rings (SSSR count). The first-order valence-electron chi connectivity index (χ1n) is 45.7. The molecule has 3 heterocycles. The quantitative estimate of drug-likeness (QED) is 0.0281. The van der Waals surface area contributed by atoms with Crippen molar-refractivity contribution in [3.05, 3.63) is 270 Å². The fraction of sp³-hybridized carbons (Fsp3) is 0.527. The lowest BCUT2D eigenvalue weighted by atomic mass is 9.98. The lowest BCUT2D eigenvalue weighted by molar-refractivity contribution is -0.0168. The van der Waals surface area contributed by atoms with Crippen molar-refractivity contribution in [1.82, 2.24) is 29.8 Å². The summed E-state index contributed by atoms with van der Waals surface area (Å²) in [6.07, 6.45) is 26.3. The van der Waals surface area contributed by atoms with Crippen LogP contribution in [-0.2, 0) is 56.2 Å². The van der Waals surface area contributed by atoms with Crippen LogP contribution in [0.2, 0.25) is 0 Å². The Kier molecular flexibility index (Phi) is 57.0. The number of aromatic hydroxyl groups is 2. The third-order valence-corrected chi connectivity index (χ3v) is 18.2. The van der Waals surface area contributed by atoms with E-state index in [1.807, 2.05) is 42.9 Å². The number of para-hydroxylation sites is 1. The molecule has 3 aromatic heterocycles. The number of aromatic nitrogens is 5. The molecule has 0 fully saturated rings. The van der Waals surface area contributed by atoms with Crippen molar-refractivity contribution in [2.24, 2.45) is 82.7 Å². The molecule has 10 nitrogen and oxygen atoms in total. The average molecular weight is 1640 g/mol. The summed E-state index contributed by atoms with van der Waals surface area (Å²) >= 11 is 0. The number of hydrogen-bond acceptors (Lipinski definition) is 7. The van der Waals surface area contributed by atoms with Crippen molar-refractivity contribution in [3.8, 4) is 11.5 Å². The monoisotopic (exact) mass is 1640 g/mol. The van der Waals surface area contributed by atoms with Crippen molar-refractivity contribution in [2.45, 2.75) is 290 Å². The topological polar surface area (TPSA) is 150 Å². The Hall–Kier alpha value is -8.60. The normalized spacial score (nSPS) is 11.3. The molecule has 0 spiro atoms. The van der Waals surface area contributed by atoms with E-state index in [1.165, 1.54) is 111 Å². The second-order valence-corrected chi connectivity index (χ2v) is 39.1. The van der Waals surface area contributed by atoms with E-state index in [1.54, 1.807) is 36.2 Å². The molecule has 0 saturated carbocycles. The van der Waals surface area contributed by atoms with Crippen molar-refractivity contribution in [2.75, 3.05) is 13.2 Å². The minimum absolute atomic E-state index is 0.0320. The summed E-state index contributed by atoms with van der Waals surface area (Å²) in [4.78, 5) is 14.7. The molecule has 0 aliphatic heterocycles. The Morgan fingerprint density at radius 3 is 1.42 bits per heavy atom. The largest absolute Gasteiger partial charge is 0.508 e. The molecule has 10 aromatic rings. The highest BCUT2D eigenvalue weighted by molar-refractivity contribution is 5.83. The predicted molar refractivity (Wildman–Crippen MR) is 528 cm³/mol. The number of nitrogens with two attached hydrogens (primary N) is 1. The smallest absolute Gasteiger partial charge is 0.115 e. The maximum Gasteiger partial charge on any atom is 0.115 e. The SMILES string of the molecule is C=C(N)NCCCC(C)C.CC(C)CC(C)C.CC(C)CC(C)C.CC(C)CC1=CCc2ccccc21.CC(C)COC(C)(C)C.CC(C)Cc1c[nH]c2ccccc12.CC(C)Cc1ccc(O)cc1.CC(C)Cc1ccc(O)cc1.CC(C)Cc1ccc2ccccc2c1.CC(C)Cc1cn(Cc2ccccc2)cn1.CC(C)Cc1cnc[nH]1. The summed E-state index contributed by atoms with van der Waals surface area (Å²) in [5.74, 6) is 11.1. The first-order valence-corrected chi connectivity index (χ1v) is 45.7. The van der Waals surface area contributed by atoms with Crippen LogP contribution in [-0.4, -0.2) is 53.5 Å².